The number of carbonyl (C=O) groups excluding carboxylic acids is 1. The van der Waals surface area contributed by atoms with E-state index in [4.69, 9.17) is 0 Å². The maximum absolute atomic E-state index is 12.6. The maximum Gasteiger partial charge on any atom is 0.254 e. The predicted octanol–water partition coefficient (Wildman–Crippen LogP) is 1.14. The van der Waals surface area contributed by atoms with Gasteiger partial charge in [-0.05, 0) is 31.4 Å². The lowest BCUT2D eigenvalue weighted by Gasteiger charge is -2.21. The summed E-state index contributed by atoms with van der Waals surface area (Å²) in [5, 5.41) is 11.2. The molecular weight excluding hydrogens is 328 g/mol. The number of hydrogen-bond donors (Lipinski definition) is 2. The molecule has 7 nitrogen and oxygen atoms in total. The van der Waals surface area contributed by atoms with Gasteiger partial charge in [-0.25, -0.2) is 10.9 Å². The monoisotopic (exact) mass is 350 g/mol. The summed E-state index contributed by atoms with van der Waals surface area (Å²) in [6, 6.07) is 8.14. The highest BCUT2D eigenvalue weighted by Gasteiger charge is 2.48. The van der Waals surface area contributed by atoms with Gasteiger partial charge in [0.05, 0.1) is 6.04 Å². The van der Waals surface area contributed by atoms with Crippen LogP contribution in [-0.2, 0) is 4.79 Å². The van der Waals surface area contributed by atoms with Gasteiger partial charge in [0, 0.05) is 28.7 Å². The second-order valence-electron chi connectivity index (χ2n) is 6.39. The number of hydrogen-bond acceptors (Lipinski definition) is 6. The number of nitrogens with zero attached hydrogens (tertiary/aromatic N) is 2. The van der Waals surface area contributed by atoms with E-state index in [-0.39, 0.29) is 16.9 Å². The molecule has 1 amide bonds. The second kappa shape index (κ2) is 7.50. The summed E-state index contributed by atoms with van der Waals surface area (Å²) < 4.78 is 0. The van der Waals surface area contributed by atoms with Gasteiger partial charge < -0.3 is 4.90 Å². The summed E-state index contributed by atoms with van der Waals surface area (Å²) in [6.45, 7) is 3.07. The van der Waals surface area contributed by atoms with Crippen molar-refractivity contribution in [3.63, 3.8) is 0 Å². The van der Waals surface area contributed by atoms with E-state index in [2.05, 4.69) is 23.0 Å². The molecule has 8 heteroatoms. The summed E-state index contributed by atoms with van der Waals surface area (Å²) in [5.41, 5.74) is 5.62. The SMILES string of the molecule is CC1NNC(C(=O)N2CCC(CSc3ccccc3)C2)C1[N+](=O)[O-]. The highest BCUT2D eigenvalue weighted by Crippen LogP contribution is 2.26. The highest BCUT2D eigenvalue weighted by atomic mass is 32.2. The molecule has 130 valence electrons. The van der Waals surface area contributed by atoms with Gasteiger partial charge in [0.2, 0.25) is 5.91 Å². The Hall–Kier alpha value is -1.64. The van der Waals surface area contributed by atoms with E-state index in [0.29, 0.717) is 19.0 Å². The Balaban J connectivity index is 1.53. The Kier molecular flexibility index (Phi) is 5.37. The van der Waals surface area contributed by atoms with Gasteiger partial charge in [0.15, 0.2) is 6.04 Å². The Morgan fingerprint density at radius 3 is 2.83 bits per heavy atom. The molecular formula is C16H22N4O3S. The molecule has 0 bridgehead atoms. The number of thioether (sulfide) groups is 1. The minimum Gasteiger partial charge on any atom is -0.341 e. The summed E-state index contributed by atoms with van der Waals surface area (Å²) in [6.07, 6.45) is 0.949. The molecule has 2 N–H and O–H groups in total. The normalized spacial score (nSPS) is 29.8. The molecule has 2 heterocycles. The molecule has 0 aliphatic carbocycles. The number of hydrazine groups is 1. The van der Waals surface area contributed by atoms with Crippen LogP contribution >= 0.6 is 11.8 Å². The standard InChI is InChI=1S/C16H22N4O3S/c1-11-15(20(22)23)14(18-17-11)16(21)19-8-7-12(9-19)10-24-13-5-3-2-4-6-13/h2-6,11-12,14-15,17-18H,7-10H2,1H3. The quantitative estimate of drug-likeness (QED) is 0.470. The zero-order valence-corrected chi connectivity index (χ0v) is 14.4. The second-order valence-corrected chi connectivity index (χ2v) is 7.49. The lowest BCUT2D eigenvalue weighted by molar-refractivity contribution is -0.523. The first-order valence-corrected chi connectivity index (χ1v) is 9.16. The van der Waals surface area contributed by atoms with Crippen molar-refractivity contribution in [3.8, 4) is 0 Å². The minimum absolute atomic E-state index is 0.166. The number of amides is 1. The molecule has 2 aliphatic heterocycles. The molecule has 2 aliphatic rings. The van der Waals surface area contributed by atoms with Gasteiger partial charge in [-0.1, -0.05) is 18.2 Å². The van der Waals surface area contributed by atoms with Crippen molar-refractivity contribution in [1.82, 2.24) is 15.8 Å². The van der Waals surface area contributed by atoms with Crippen molar-refractivity contribution >= 4 is 17.7 Å². The number of benzene rings is 1. The lowest BCUT2D eigenvalue weighted by atomic mass is 10.0. The molecule has 24 heavy (non-hydrogen) atoms. The Morgan fingerprint density at radius 1 is 1.38 bits per heavy atom. The van der Waals surface area contributed by atoms with Crippen LogP contribution in [-0.4, -0.2) is 52.7 Å². The molecule has 0 radical (unpaired) electrons. The van der Waals surface area contributed by atoms with Gasteiger partial charge in [-0.15, -0.1) is 11.8 Å². The average molecular weight is 350 g/mol. The summed E-state index contributed by atoms with van der Waals surface area (Å²) in [5.74, 6) is 1.22. The van der Waals surface area contributed by atoms with Gasteiger partial charge >= 0.3 is 0 Å². The number of nitrogens with one attached hydrogen (secondary N) is 2. The molecule has 0 saturated carbocycles. The molecule has 0 spiro atoms. The zero-order valence-electron chi connectivity index (χ0n) is 13.6. The van der Waals surface area contributed by atoms with E-state index in [1.54, 1.807) is 23.6 Å². The topological polar surface area (TPSA) is 87.5 Å². The summed E-state index contributed by atoms with van der Waals surface area (Å²) in [4.78, 5) is 26.5. The van der Waals surface area contributed by atoms with E-state index in [1.807, 2.05) is 18.2 Å². The van der Waals surface area contributed by atoms with Gasteiger partial charge in [0.25, 0.3) is 6.04 Å². The third kappa shape index (κ3) is 3.71. The van der Waals surface area contributed by atoms with Crippen molar-refractivity contribution in [3.05, 3.63) is 40.4 Å². The van der Waals surface area contributed by atoms with Crippen LogP contribution in [0.2, 0.25) is 0 Å². The van der Waals surface area contributed by atoms with E-state index in [0.717, 1.165) is 12.2 Å². The van der Waals surface area contributed by atoms with Gasteiger partial charge in [0.1, 0.15) is 0 Å². The van der Waals surface area contributed by atoms with Gasteiger partial charge in [-0.3, -0.25) is 14.9 Å². The Morgan fingerprint density at radius 2 is 2.12 bits per heavy atom. The Bertz CT molecular complexity index is 600. The van der Waals surface area contributed by atoms with Crippen LogP contribution in [0.5, 0.6) is 0 Å². The fourth-order valence-electron chi connectivity index (χ4n) is 3.29. The number of nitro groups is 1. The summed E-state index contributed by atoms with van der Waals surface area (Å²) >= 11 is 1.80. The number of likely N-dealkylation sites (tertiary alicyclic amines) is 1. The fraction of sp³-hybridized carbons (Fsp3) is 0.562. The lowest BCUT2D eigenvalue weighted by Crippen LogP contribution is -2.51. The van der Waals surface area contributed by atoms with E-state index >= 15 is 0 Å². The molecule has 4 atom stereocenters. The molecule has 2 fully saturated rings. The Labute approximate surface area is 145 Å². The smallest absolute Gasteiger partial charge is 0.254 e. The van der Waals surface area contributed by atoms with Crippen LogP contribution < -0.4 is 10.9 Å². The fourth-order valence-corrected chi connectivity index (χ4v) is 4.34. The molecule has 1 aromatic carbocycles. The molecule has 1 aromatic rings. The van der Waals surface area contributed by atoms with Crippen LogP contribution in [0.25, 0.3) is 0 Å². The highest BCUT2D eigenvalue weighted by molar-refractivity contribution is 7.99. The number of rotatable bonds is 5. The van der Waals surface area contributed by atoms with E-state index < -0.39 is 12.1 Å². The average Bonchev–Trinajstić information content (AvgIpc) is 3.20. The summed E-state index contributed by atoms with van der Waals surface area (Å²) in [7, 11) is 0. The van der Waals surface area contributed by atoms with Crippen LogP contribution in [0, 0.1) is 16.0 Å². The van der Waals surface area contributed by atoms with Crippen molar-refractivity contribution in [1.29, 1.82) is 0 Å². The van der Waals surface area contributed by atoms with Crippen LogP contribution in [0.1, 0.15) is 13.3 Å². The largest absolute Gasteiger partial charge is 0.341 e. The van der Waals surface area contributed by atoms with Crippen LogP contribution in [0.3, 0.4) is 0 Å². The van der Waals surface area contributed by atoms with Crippen LogP contribution in [0.15, 0.2) is 35.2 Å². The molecule has 3 rings (SSSR count). The molecule has 0 aromatic heterocycles. The maximum atomic E-state index is 12.6. The van der Waals surface area contributed by atoms with Crippen molar-refractivity contribution < 1.29 is 9.72 Å². The zero-order chi connectivity index (χ0) is 17.1. The third-order valence-electron chi connectivity index (χ3n) is 4.66. The van der Waals surface area contributed by atoms with Crippen molar-refractivity contribution in [2.75, 3.05) is 18.8 Å². The first-order valence-electron chi connectivity index (χ1n) is 8.17. The first-order chi connectivity index (χ1) is 11.6. The third-order valence-corrected chi connectivity index (χ3v) is 5.90. The number of carbonyl (C=O) groups is 1. The predicted molar refractivity (Wildman–Crippen MR) is 92.2 cm³/mol. The van der Waals surface area contributed by atoms with Gasteiger partial charge in [-0.2, -0.15) is 0 Å². The molecule has 2 saturated heterocycles. The molecule has 4 unspecified atom stereocenters. The van der Waals surface area contributed by atoms with Crippen molar-refractivity contribution in [2.24, 2.45) is 5.92 Å². The van der Waals surface area contributed by atoms with Crippen LogP contribution in [0.4, 0.5) is 0 Å². The van der Waals surface area contributed by atoms with E-state index in [1.165, 1.54) is 4.90 Å². The first kappa shape index (κ1) is 17.2. The van der Waals surface area contributed by atoms with Crippen molar-refractivity contribution in [2.45, 2.75) is 36.4 Å². The van der Waals surface area contributed by atoms with E-state index in [9.17, 15) is 14.9 Å². The minimum atomic E-state index is -0.921.